The topological polar surface area (TPSA) is 53.6 Å². The first-order valence-electron chi connectivity index (χ1n) is 8.15. The number of amides is 1. The molecule has 0 fully saturated rings. The van der Waals surface area contributed by atoms with Crippen LogP contribution in [-0.4, -0.2) is 29.7 Å². The van der Waals surface area contributed by atoms with Crippen LogP contribution in [0.3, 0.4) is 0 Å². The number of carbonyl (C=O) groups is 1. The summed E-state index contributed by atoms with van der Waals surface area (Å²) in [6.45, 7) is 2.62. The summed E-state index contributed by atoms with van der Waals surface area (Å²) in [7, 11) is 1.69. The Kier molecular flexibility index (Phi) is 7.22. The maximum absolute atomic E-state index is 12.0. The highest BCUT2D eigenvalue weighted by molar-refractivity contribution is 7.80. The molecule has 132 valence electrons. The van der Waals surface area contributed by atoms with Crippen LogP contribution in [0, 0.1) is 0 Å². The number of hydrazine groups is 1. The lowest BCUT2D eigenvalue weighted by Gasteiger charge is -2.21. The van der Waals surface area contributed by atoms with Gasteiger partial charge in [0.05, 0.1) is 0 Å². The Morgan fingerprint density at radius 2 is 1.76 bits per heavy atom. The van der Waals surface area contributed by atoms with Gasteiger partial charge >= 0.3 is 0 Å². The van der Waals surface area contributed by atoms with E-state index in [0.29, 0.717) is 17.4 Å². The molecule has 0 aliphatic carbocycles. The molecule has 0 aliphatic heterocycles. The van der Waals surface area contributed by atoms with Gasteiger partial charge in [0.1, 0.15) is 5.75 Å². The number of aryl methyl sites for hydroxylation is 1. The minimum atomic E-state index is -0.272. The van der Waals surface area contributed by atoms with Gasteiger partial charge in [-0.2, -0.15) is 0 Å². The van der Waals surface area contributed by atoms with Gasteiger partial charge in [-0.3, -0.25) is 15.2 Å². The Bertz CT molecular complexity index is 690. The van der Waals surface area contributed by atoms with Gasteiger partial charge in [-0.05, 0) is 41.9 Å². The third-order valence-electron chi connectivity index (χ3n) is 3.59. The van der Waals surface area contributed by atoms with Crippen LogP contribution in [0.1, 0.15) is 18.1 Å². The number of benzene rings is 2. The van der Waals surface area contributed by atoms with Crippen LogP contribution in [0.15, 0.2) is 54.6 Å². The van der Waals surface area contributed by atoms with E-state index in [2.05, 4.69) is 17.7 Å². The Morgan fingerprint density at radius 1 is 1.08 bits per heavy atom. The van der Waals surface area contributed by atoms with Crippen molar-refractivity contribution >= 4 is 23.2 Å². The van der Waals surface area contributed by atoms with Crippen molar-refractivity contribution in [1.29, 1.82) is 0 Å². The third kappa shape index (κ3) is 6.43. The molecule has 2 rings (SSSR count). The van der Waals surface area contributed by atoms with Crippen LogP contribution in [0.2, 0.25) is 0 Å². The first kappa shape index (κ1) is 18.7. The van der Waals surface area contributed by atoms with Crippen molar-refractivity contribution in [2.45, 2.75) is 19.9 Å². The number of nitrogens with one attached hydrogen (secondary N) is 2. The summed E-state index contributed by atoms with van der Waals surface area (Å²) in [5, 5.41) is 5.00. The quantitative estimate of drug-likeness (QED) is 0.615. The molecule has 2 aromatic carbocycles. The van der Waals surface area contributed by atoms with Gasteiger partial charge in [-0.25, -0.2) is 0 Å². The van der Waals surface area contributed by atoms with Crippen LogP contribution < -0.4 is 15.5 Å². The molecular formula is C19H23N3O2S. The summed E-state index contributed by atoms with van der Waals surface area (Å²) in [4.78, 5) is 12.0. The highest BCUT2D eigenvalue weighted by atomic mass is 32.1. The summed E-state index contributed by atoms with van der Waals surface area (Å²) in [6, 6.07) is 17.6. The molecule has 0 unspecified atom stereocenters. The molecule has 6 heteroatoms. The molecule has 1 amide bonds. The fourth-order valence-electron chi connectivity index (χ4n) is 2.13. The minimum Gasteiger partial charge on any atom is -0.484 e. The number of nitrogens with zero attached hydrogens (tertiary/aromatic N) is 1. The predicted octanol–water partition coefficient (Wildman–Crippen LogP) is 2.67. The minimum absolute atomic E-state index is 0.0723. The molecule has 5 nitrogen and oxygen atoms in total. The Morgan fingerprint density at radius 3 is 2.40 bits per heavy atom. The molecular weight excluding hydrogens is 334 g/mol. The number of thiocarbonyl (C=S) groups is 1. The first-order valence-corrected chi connectivity index (χ1v) is 8.56. The Balaban J connectivity index is 1.72. The molecule has 0 atom stereocenters. The number of hydrogen-bond donors (Lipinski definition) is 2. The van der Waals surface area contributed by atoms with E-state index in [1.807, 2.05) is 54.6 Å². The van der Waals surface area contributed by atoms with Gasteiger partial charge < -0.3 is 10.1 Å². The summed E-state index contributed by atoms with van der Waals surface area (Å²) in [5.41, 5.74) is 5.02. The molecule has 0 saturated heterocycles. The fraction of sp³-hybridized carbons (Fsp3) is 0.263. The molecule has 0 spiro atoms. The average Bonchev–Trinajstić information content (AvgIpc) is 2.65. The maximum atomic E-state index is 12.0. The van der Waals surface area contributed by atoms with Gasteiger partial charge in [0.15, 0.2) is 11.7 Å². The molecule has 2 aromatic rings. The van der Waals surface area contributed by atoms with Gasteiger partial charge in [-0.15, -0.1) is 0 Å². The lowest BCUT2D eigenvalue weighted by atomic mass is 10.2. The lowest BCUT2D eigenvalue weighted by molar-refractivity contribution is -0.126. The fourth-order valence-corrected chi connectivity index (χ4v) is 2.25. The van der Waals surface area contributed by atoms with Crippen molar-refractivity contribution in [2.75, 3.05) is 13.7 Å². The van der Waals surface area contributed by atoms with Gasteiger partial charge in [0.25, 0.3) is 5.91 Å². The van der Waals surface area contributed by atoms with Crippen molar-refractivity contribution < 1.29 is 9.53 Å². The summed E-state index contributed by atoms with van der Waals surface area (Å²) in [5.74, 6) is 0.394. The highest BCUT2D eigenvalue weighted by Gasteiger charge is 2.09. The van der Waals surface area contributed by atoms with E-state index in [1.165, 1.54) is 10.6 Å². The van der Waals surface area contributed by atoms with E-state index in [0.717, 1.165) is 12.0 Å². The average molecular weight is 357 g/mol. The first-order chi connectivity index (χ1) is 12.1. The zero-order valence-electron chi connectivity index (χ0n) is 14.5. The zero-order valence-corrected chi connectivity index (χ0v) is 15.3. The van der Waals surface area contributed by atoms with Crippen molar-refractivity contribution in [3.05, 3.63) is 65.7 Å². The van der Waals surface area contributed by atoms with E-state index in [1.54, 1.807) is 7.05 Å². The van der Waals surface area contributed by atoms with E-state index in [4.69, 9.17) is 17.0 Å². The third-order valence-corrected chi connectivity index (χ3v) is 4.00. The normalized spacial score (nSPS) is 10.0. The van der Waals surface area contributed by atoms with E-state index in [9.17, 15) is 4.79 Å². The SMILES string of the molecule is CCc1ccc(OCC(=O)NN(C)C(=S)NCc2ccccc2)cc1. The molecule has 2 N–H and O–H groups in total. The standard InChI is InChI=1S/C19H23N3O2S/c1-3-15-9-11-17(12-10-15)24-14-18(23)21-22(2)19(25)20-13-16-7-5-4-6-8-16/h4-12H,3,13-14H2,1-2H3,(H,20,25)(H,21,23). The van der Waals surface area contributed by atoms with Crippen molar-refractivity contribution in [1.82, 2.24) is 15.8 Å². The number of hydrogen-bond acceptors (Lipinski definition) is 3. The summed E-state index contributed by atoms with van der Waals surface area (Å²) < 4.78 is 5.47. The second-order valence-corrected chi connectivity index (χ2v) is 5.91. The smallest absolute Gasteiger partial charge is 0.276 e. The number of carbonyl (C=O) groups excluding carboxylic acids is 1. The van der Waals surface area contributed by atoms with E-state index in [-0.39, 0.29) is 12.5 Å². The van der Waals surface area contributed by atoms with Crippen molar-refractivity contribution in [3.63, 3.8) is 0 Å². The van der Waals surface area contributed by atoms with Gasteiger partial charge in [-0.1, -0.05) is 49.4 Å². The van der Waals surface area contributed by atoms with Crippen LogP contribution in [0.4, 0.5) is 0 Å². The summed E-state index contributed by atoms with van der Waals surface area (Å²) >= 11 is 5.26. The maximum Gasteiger partial charge on any atom is 0.276 e. The number of rotatable bonds is 6. The van der Waals surface area contributed by atoms with E-state index < -0.39 is 0 Å². The van der Waals surface area contributed by atoms with Crippen LogP contribution in [0.5, 0.6) is 5.75 Å². The van der Waals surface area contributed by atoms with E-state index >= 15 is 0 Å². The predicted molar refractivity (Wildman–Crippen MR) is 103 cm³/mol. The second-order valence-electron chi connectivity index (χ2n) is 5.52. The van der Waals surface area contributed by atoms with Crippen LogP contribution in [-0.2, 0) is 17.8 Å². The molecule has 0 heterocycles. The molecule has 0 radical (unpaired) electrons. The molecule has 0 aliphatic rings. The lowest BCUT2D eigenvalue weighted by Crippen LogP contribution is -2.49. The molecule has 25 heavy (non-hydrogen) atoms. The van der Waals surface area contributed by atoms with Gasteiger partial charge in [0, 0.05) is 13.6 Å². The monoisotopic (exact) mass is 357 g/mol. The van der Waals surface area contributed by atoms with Crippen molar-refractivity contribution in [2.24, 2.45) is 0 Å². The molecule has 0 saturated carbocycles. The molecule has 0 aromatic heterocycles. The number of ether oxygens (including phenoxy) is 1. The van der Waals surface area contributed by atoms with Gasteiger partial charge in [0.2, 0.25) is 0 Å². The highest BCUT2D eigenvalue weighted by Crippen LogP contribution is 2.12. The molecule has 0 bridgehead atoms. The van der Waals surface area contributed by atoms with Crippen LogP contribution >= 0.6 is 12.2 Å². The zero-order chi connectivity index (χ0) is 18.1. The Labute approximate surface area is 154 Å². The van der Waals surface area contributed by atoms with Crippen LogP contribution in [0.25, 0.3) is 0 Å². The second kappa shape index (κ2) is 9.64. The Hall–Kier alpha value is -2.60. The largest absolute Gasteiger partial charge is 0.484 e. The summed E-state index contributed by atoms with van der Waals surface area (Å²) in [6.07, 6.45) is 0.971. The van der Waals surface area contributed by atoms with Crippen molar-refractivity contribution in [3.8, 4) is 5.75 Å².